The number of methoxy groups -OCH3 is 3. The van der Waals surface area contributed by atoms with E-state index >= 15 is 0 Å². The Labute approximate surface area is 242 Å². The average molecular weight is 585 g/mol. The number of ketones is 1. The second-order valence-electron chi connectivity index (χ2n) is 8.52. The molecule has 1 unspecified atom stereocenters. The van der Waals surface area contributed by atoms with Gasteiger partial charge in [0, 0.05) is 31.5 Å². The van der Waals surface area contributed by atoms with Gasteiger partial charge in [-0.1, -0.05) is 31.2 Å². The van der Waals surface area contributed by atoms with Crippen molar-refractivity contribution in [2.24, 2.45) is 0 Å². The largest absolute Gasteiger partial charge is 0.495 e. The van der Waals surface area contributed by atoms with E-state index in [0.717, 1.165) is 42.3 Å². The monoisotopic (exact) mass is 583 g/mol. The number of halogens is 2. The second kappa shape index (κ2) is 16.1. The number of nitrogens with zero attached hydrogens (tertiary/aromatic N) is 3. The van der Waals surface area contributed by atoms with Crippen LogP contribution in [0.4, 0.5) is 5.69 Å². The minimum atomic E-state index is -0.912. The van der Waals surface area contributed by atoms with E-state index in [4.69, 9.17) is 14.2 Å². The highest BCUT2D eigenvalue weighted by Gasteiger charge is 2.49. The Hall–Kier alpha value is -3.08. The number of hydrogen-bond donors (Lipinski definition) is 0. The summed E-state index contributed by atoms with van der Waals surface area (Å²) in [4.78, 5) is 23.3. The van der Waals surface area contributed by atoms with Crippen molar-refractivity contribution in [3.05, 3.63) is 78.1 Å². The fraction of sp³-hybridized carbons (Fsp3) is 0.357. The molecule has 0 saturated carbocycles. The Kier molecular flexibility index (Phi) is 14.8. The van der Waals surface area contributed by atoms with Gasteiger partial charge in [-0.25, -0.2) is 0 Å². The first-order valence-electron chi connectivity index (χ1n) is 11.9. The molecular formula is C28H39Cl2N3O6. The van der Waals surface area contributed by atoms with Crippen LogP contribution in [0.5, 0.6) is 17.2 Å². The molecule has 0 bridgehead atoms. The topological polar surface area (TPSA) is 127 Å². The predicted molar refractivity (Wildman–Crippen MR) is 158 cm³/mol. The van der Waals surface area contributed by atoms with Crippen LogP contribution in [-0.2, 0) is 16.8 Å². The summed E-state index contributed by atoms with van der Waals surface area (Å²) in [5, 5.41) is 0. The van der Waals surface area contributed by atoms with Crippen LogP contribution in [0.3, 0.4) is 0 Å². The zero-order chi connectivity index (χ0) is 24.8. The van der Waals surface area contributed by atoms with E-state index in [0.29, 0.717) is 18.0 Å². The minimum absolute atomic E-state index is 0. The molecule has 0 amide bonds. The van der Waals surface area contributed by atoms with Gasteiger partial charge in [-0.3, -0.25) is 14.7 Å². The van der Waals surface area contributed by atoms with Gasteiger partial charge in [-0.2, -0.15) is 0 Å². The molecule has 2 aromatic carbocycles. The van der Waals surface area contributed by atoms with Gasteiger partial charge in [-0.05, 0) is 48.5 Å². The number of aromatic nitrogens is 1. The highest BCUT2D eigenvalue weighted by molar-refractivity contribution is 5.92. The number of anilines is 1. The maximum atomic E-state index is 14.3. The number of ether oxygens (including phenoxy) is 3. The van der Waals surface area contributed by atoms with Crippen molar-refractivity contribution in [1.82, 2.24) is 9.88 Å². The van der Waals surface area contributed by atoms with E-state index in [1.54, 1.807) is 27.5 Å². The highest BCUT2D eigenvalue weighted by atomic mass is 35.5. The van der Waals surface area contributed by atoms with Crippen molar-refractivity contribution in [3.8, 4) is 17.2 Å². The van der Waals surface area contributed by atoms with Crippen molar-refractivity contribution in [3.63, 3.8) is 0 Å². The molecule has 1 saturated heterocycles. The van der Waals surface area contributed by atoms with E-state index < -0.39 is 5.54 Å². The molecule has 4 N–H and O–H groups in total. The van der Waals surface area contributed by atoms with Gasteiger partial charge in [0.05, 0.1) is 33.4 Å². The van der Waals surface area contributed by atoms with Crippen molar-refractivity contribution in [2.75, 3.05) is 52.4 Å². The summed E-state index contributed by atoms with van der Waals surface area (Å²) in [6, 6.07) is 19.4. The molecule has 0 aliphatic carbocycles. The summed E-state index contributed by atoms with van der Waals surface area (Å²) >= 11 is 0. The Bertz CT molecular complexity index is 1170. The molecule has 3 aromatic rings. The van der Waals surface area contributed by atoms with Crippen LogP contribution in [0, 0.1) is 0 Å². The number of para-hydroxylation sites is 2. The first-order chi connectivity index (χ1) is 17.1. The van der Waals surface area contributed by atoms with Crippen molar-refractivity contribution in [2.45, 2.75) is 18.9 Å². The second-order valence-corrected chi connectivity index (χ2v) is 8.52. The van der Waals surface area contributed by atoms with Gasteiger partial charge in [0.25, 0.3) is 0 Å². The molecule has 2 heterocycles. The predicted octanol–water partition coefficient (Wildman–Crippen LogP) is 3.15. The van der Waals surface area contributed by atoms with Crippen molar-refractivity contribution >= 4 is 36.3 Å². The lowest BCUT2D eigenvalue weighted by Crippen LogP contribution is -2.64. The summed E-state index contributed by atoms with van der Waals surface area (Å²) in [7, 11) is 4.90. The lowest BCUT2D eigenvalue weighted by Gasteiger charge is -2.50. The smallest absolute Gasteiger partial charge is 0.165 e. The van der Waals surface area contributed by atoms with Gasteiger partial charge in [0.15, 0.2) is 17.3 Å². The average Bonchev–Trinajstić information content (AvgIpc) is 2.92. The Balaban J connectivity index is 0.00000361. The number of benzene rings is 2. The fourth-order valence-corrected chi connectivity index (χ4v) is 5.02. The van der Waals surface area contributed by atoms with Crippen LogP contribution in [0.1, 0.15) is 18.2 Å². The van der Waals surface area contributed by atoms with Gasteiger partial charge in [0.2, 0.25) is 0 Å². The number of hydrogen-bond acceptors (Lipinski definition) is 7. The molecule has 9 nitrogen and oxygen atoms in total. The Morgan fingerprint density at radius 1 is 0.872 bits per heavy atom. The number of Topliss-reactive ketones (excluding diaryl/α,β-unsaturated/α-hetero) is 1. The highest BCUT2D eigenvalue weighted by Crippen LogP contribution is 2.41. The minimum Gasteiger partial charge on any atom is -0.495 e. The summed E-state index contributed by atoms with van der Waals surface area (Å²) < 4.78 is 16.8. The molecule has 11 heteroatoms. The van der Waals surface area contributed by atoms with E-state index in [-0.39, 0.29) is 48.0 Å². The molecule has 1 atom stereocenters. The number of piperazine rings is 1. The molecule has 216 valence electrons. The van der Waals surface area contributed by atoms with Gasteiger partial charge in [-0.15, -0.1) is 24.8 Å². The SMILES string of the molecule is CCN1CCN(c2ccccc2OC)CC1(C(=O)Cc1ccccn1)c1ccc(OC)c(OC)c1.Cl.Cl.O.O. The maximum Gasteiger partial charge on any atom is 0.165 e. The normalized spacial score (nSPS) is 16.4. The van der Waals surface area contributed by atoms with E-state index in [9.17, 15) is 4.79 Å². The lowest BCUT2D eigenvalue weighted by molar-refractivity contribution is -0.132. The fourth-order valence-electron chi connectivity index (χ4n) is 5.02. The molecule has 1 aromatic heterocycles. The maximum absolute atomic E-state index is 14.3. The summed E-state index contributed by atoms with van der Waals surface area (Å²) in [6.07, 6.45) is 1.96. The zero-order valence-electron chi connectivity index (χ0n) is 22.7. The quantitative estimate of drug-likeness (QED) is 0.378. The van der Waals surface area contributed by atoms with Crippen LogP contribution < -0.4 is 19.1 Å². The van der Waals surface area contributed by atoms with Crippen LogP contribution in [0.2, 0.25) is 0 Å². The molecular weight excluding hydrogens is 545 g/mol. The van der Waals surface area contributed by atoms with E-state index in [1.807, 2.05) is 60.7 Å². The lowest BCUT2D eigenvalue weighted by atomic mass is 9.79. The van der Waals surface area contributed by atoms with Gasteiger partial charge < -0.3 is 30.1 Å². The molecule has 0 radical (unpaired) electrons. The molecule has 39 heavy (non-hydrogen) atoms. The van der Waals surface area contributed by atoms with Crippen LogP contribution in [0.15, 0.2) is 66.9 Å². The number of carbonyl (C=O) groups excluding carboxylic acids is 1. The third kappa shape index (κ3) is 7.12. The zero-order valence-corrected chi connectivity index (χ0v) is 24.3. The number of likely N-dealkylation sites (N-methyl/N-ethyl adjacent to an activating group) is 1. The van der Waals surface area contributed by atoms with Crippen molar-refractivity contribution < 1.29 is 30.0 Å². The standard InChI is InChI=1S/C28H33N3O4.2ClH.2H2O/c1-5-31-17-16-30(23-11-6-7-12-24(23)33-2)20-28(31,27(32)19-22-10-8-9-15-29-22)21-13-14-25(34-3)26(18-21)35-4;;;;/h6-15,18H,5,16-17,19-20H2,1-4H3;2*1H;2*1H2. The summed E-state index contributed by atoms with van der Waals surface area (Å²) in [5.41, 5.74) is 1.69. The number of rotatable bonds is 9. The van der Waals surface area contributed by atoms with Crippen LogP contribution in [-0.4, -0.2) is 74.1 Å². The summed E-state index contributed by atoms with van der Waals surface area (Å²) in [6.45, 7) is 4.80. The first kappa shape index (κ1) is 35.9. The van der Waals surface area contributed by atoms with E-state index in [1.165, 1.54) is 0 Å². The molecule has 1 aliphatic rings. The number of carbonyl (C=O) groups is 1. The number of pyridine rings is 1. The first-order valence-corrected chi connectivity index (χ1v) is 11.9. The van der Waals surface area contributed by atoms with Gasteiger partial charge in [0.1, 0.15) is 11.3 Å². The molecule has 0 spiro atoms. The van der Waals surface area contributed by atoms with E-state index in [2.05, 4.69) is 21.7 Å². The molecule has 1 aliphatic heterocycles. The summed E-state index contributed by atoms with van der Waals surface area (Å²) in [5.74, 6) is 2.10. The molecule has 4 rings (SSSR count). The van der Waals surface area contributed by atoms with Crippen molar-refractivity contribution in [1.29, 1.82) is 0 Å². The third-order valence-electron chi connectivity index (χ3n) is 6.80. The van der Waals surface area contributed by atoms with Crippen LogP contribution in [0.25, 0.3) is 0 Å². The third-order valence-corrected chi connectivity index (χ3v) is 6.80. The Morgan fingerprint density at radius 3 is 2.15 bits per heavy atom. The Morgan fingerprint density at radius 2 is 1.54 bits per heavy atom. The molecule has 1 fully saturated rings. The van der Waals surface area contributed by atoms with Crippen LogP contribution >= 0.6 is 24.8 Å². The van der Waals surface area contributed by atoms with Gasteiger partial charge >= 0.3 is 0 Å².